The number of carbonyl (C=O) groups is 1. The first-order chi connectivity index (χ1) is 10.5. The summed E-state index contributed by atoms with van der Waals surface area (Å²) in [5, 5.41) is 3.05. The Morgan fingerprint density at radius 1 is 1.18 bits per heavy atom. The SMILES string of the molecule is CCCCC(=O)NCC(c1ccc(OC)c(OC)c1)C(C)C. The minimum atomic E-state index is 0.132. The molecule has 1 amide bonds. The third-order valence-corrected chi connectivity index (χ3v) is 3.92. The molecule has 0 aliphatic rings. The second-order valence-electron chi connectivity index (χ2n) is 5.87. The molecule has 1 unspecified atom stereocenters. The maximum atomic E-state index is 11.8. The number of nitrogens with one attached hydrogen (secondary N) is 1. The Morgan fingerprint density at radius 2 is 1.86 bits per heavy atom. The fraction of sp³-hybridized carbons (Fsp3) is 0.611. The van der Waals surface area contributed by atoms with Crippen LogP contribution in [0, 0.1) is 5.92 Å². The molecule has 4 nitrogen and oxygen atoms in total. The van der Waals surface area contributed by atoms with Crippen LogP contribution in [0.3, 0.4) is 0 Å². The van der Waals surface area contributed by atoms with E-state index in [2.05, 4.69) is 26.1 Å². The van der Waals surface area contributed by atoms with Crippen LogP contribution >= 0.6 is 0 Å². The number of benzene rings is 1. The molecular weight excluding hydrogens is 278 g/mol. The maximum absolute atomic E-state index is 11.8. The van der Waals surface area contributed by atoms with Crippen molar-refractivity contribution in [2.24, 2.45) is 5.92 Å². The number of amides is 1. The summed E-state index contributed by atoms with van der Waals surface area (Å²) >= 11 is 0. The van der Waals surface area contributed by atoms with Gasteiger partial charge in [0, 0.05) is 18.9 Å². The lowest BCUT2D eigenvalue weighted by Gasteiger charge is -2.23. The molecule has 0 radical (unpaired) electrons. The average Bonchev–Trinajstić information content (AvgIpc) is 2.52. The number of methoxy groups -OCH3 is 2. The van der Waals surface area contributed by atoms with Crippen LogP contribution in [0.4, 0.5) is 0 Å². The van der Waals surface area contributed by atoms with Crippen LogP contribution in [0.5, 0.6) is 11.5 Å². The molecule has 0 aromatic heterocycles. The second kappa shape index (κ2) is 9.34. The van der Waals surface area contributed by atoms with Crippen LogP contribution in [0.25, 0.3) is 0 Å². The second-order valence-corrected chi connectivity index (χ2v) is 5.87. The van der Waals surface area contributed by atoms with Gasteiger partial charge in [-0.2, -0.15) is 0 Å². The summed E-state index contributed by atoms with van der Waals surface area (Å²) < 4.78 is 10.7. The Kier molecular flexibility index (Phi) is 7.78. The standard InChI is InChI=1S/C18H29NO3/c1-6-7-8-18(20)19-12-15(13(2)3)14-9-10-16(21-4)17(11-14)22-5/h9-11,13,15H,6-8,12H2,1-5H3,(H,19,20). The van der Waals surface area contributed by atoms with Gasteiger partial charge < -0.3 is 14.8 Å². The lowest BCUT2D eigenvalue weighted by molar-refractivity contribution is -0.121. The molecule has 1 atom stereocenters. The third kappa shape index (κ3) is 5.24. The largest absolute Gasteiger partial charge is 0.493 e. The highest BCUT2D eigenvalue weighted by Gasteiger charge is 2.18. The quantitative estimate of drug-likeness (QED) is 0.756. The minimum absolute atomic E-state index is 0.132. The van der Waals surface area contributed by atoms with E-state index < -0.39 is 0 Å². The average molecular weight is 307 g/mol. The minimum Gasteiger partial charge on any atom is -0.493 e. The summed E-state index contributed by atoms with van der Waals surface area (Å²) in [6.45, 7) is 7.07. The van der Waals surface area contributed by atoms with E-state index in [0.29, 0.717) is 18.9 Å². The smallest absolute Gasteiger partial charge is 0.220 e. The third-order valence-electron chi connectivity index (χ3n) is 3.92. The molecule has 0 bridgehead atoms. The van der Waals surface area contributed by atoms with Crippen molar-refractivity contribution in [3.8, 4) is 11.5 Å². The van der Waals surface area contributed by atoms with Crippen LogP contribution in [0.2, 0.25) is 0 Å². The molecule has 0 aliphatic heterocycles. The summed E-state index contributed by atoms with van der Waals surface area (Å²) in [6.07, 6.45) is 2.58. The van der Waals surface area contributed by atoms with Crippen molar-refractivity contribution in [2.75, 3.05) is 20.8 Å². The topological polar surface area (TPSA) is 47.6 Å². The highest BCUT2D eigenvalue weighted by atomic mass is 16.5. The van der Waals surface area contributed by atoms with E-state index in [9.17, 15) is 4.79 Å². The number of ether oxygens (including phenoxy) is 2. The molecule has 0 saturated heterocycles. The van der Waals surface area contributed by atoms with E-state index in [1.807, 2.05) is 18.2 Å². The van der Waals surface area contributed by atoms with Crippen molar-refractivity contribution < 1.29 is 14.3 Å². The molecule has 1 aromatic rings. The summed E-state index contributed by atoms with van der Waals surface area (Å²) in [5.74, 6) is 2.26. The van der Waals surface area contributed by atoms with Crippen molar-refractivity contribution in [3.05, 3.63) is 23.8 Å². The highest BCUT2D eigenvalue weighted by molar-refractivity contribution is 5.75. The van der Waals surface area contributed by atoms with E-state index in [1.165, 1.54) is 0 Å². The van der Waals surface area contributed by atoms with Gasteiger partial charge in [-0.15, -0.1) is 0 Å². The van der Waals surface area contributed by atoms with Gasteiger partial charge in [0.1, 0.15) is 0 Å². The lowest BCUT2D eigenvalue weighted by Crippen LogP contribution is -2.30. The zero-order valence-electron chi connectivity index (χ0n) is 14.4. The fourth-order valence-electron chi connectivity index (χ4n) is 2.47. The highest BCUT2D eigenvalue weighted by Crippen LogP contribution is 2.33. The molecule has 0 fully saturated rings. The van der Waals surface area contributed by atoms with Crippen molar-refractivity contribution in [2.45, 2.75) is 46.0 Å². The predicted octanol–water partition coefficient (Wildman–Crippen LogP) is 3.75. The number of hydrogen-bond donors (Lipinski definition) is 1. The van der Waals surface area contributed by atoms with Crippen LogP contribution in [0.15, 0.2) is 18.2 Å². The fourth-order valence-corrected chi connectivity index (χ4v) is 2.47. The Bertz CT molecular complexity index is 471. The molecule has 1 rings (SSSR count). The van der Waals surface area contributed by atoms with E-state index >= 15 is 0 Å². The number of rotatable bonds is 9. The zero-order chi connectivity index (χ0) is 16.5. The Balaban J connectivity index is 2.80. The van der Waals surface area contributed by atoms with E-state index in [1.54, 1.807) is 14.2 Å². The molecule has 0 aliphatic carbocycles. The van der Waals surface area contributed by atoms with Crippen molar-refractivity contribution >= 4 is 5.91 Å². The number of hydrogen-bond acceptors (Lipinski definition) is 3. The van der Waals surface area contributed by atoms with Gasteiger partial charge in [-0.05, 0) is 30.0 Å². The van der Waals surface area contributed by atoms with Gasteiger partial charge >= 0.3 is 0 Å². The lowest BCUT2D eigenvalue weighted by atomic mass is 9.88. The first-order valence-corrected chi connectivity index (χ1v) is 8.02. The predicted molar refractivity (Wildman–Crippen MR) is 89.7 cm³/mol. The number of unbranched alkanes of at least 4 members (excludes halogenated alkanes) is 1. The normalized spacial score (nSPS) is 12.1. The monoisotopic (exact) mass is 307 g/mol. The van der Waals surface area contributed by atoms with E-state index in [-0.39, 0.29) is 11.8 Å². The van der Waals surface area contributed by atoms with Gasteiger partial charge in [0.05, 0.1) is 14.2 Å². The van der Waals surface area contributed by atoms with Crippen molar-refractivity contribution in [1.29, 1.82) is 0 Å². The summed E-state index contributed by atoms with van der Waals surface area (Å²) in [7, 11) is 3.27. The molecular formula is C18H29NO3. The van der Waals surface area contributed by atoms with Crippen molar-refractivity contribution in [1.82, 2.24) is 5.32 Å². The Morgan fingerprint density at radius 3 is 2.41 bits per heavy atom. The summed E-state index contributed by atoms with van der Waals surface area (Å²) in [4.78, 5) is 11.8. The Labute approximate surface area is 134 Å². The van der Waals surface area contributed by atoms with Crippen LogP contribution < -0.4 is 14.8 Å². The Hall–Kier alpha value is -1.71. The summed E-state index contributed by atoms with van der Waals surface area (Å²) in [5.41, 5.74) is 1.16. The van der Waals surface area contributed by atoms with Crippen LogP contribution in [0.1, 0.15) is 51.5 Å². The van der Waals surface area contributed by atoms with E-state index in [4.69, 9.17) is 9.47 Å². The van der Waals surface area contributed by atoms with Crippen molar-refractivity contribution in [3.63, 3.8) is 0 Å². The first kappa shape index (κ1) is 18.3. The van der Waals surface area contributed by atoms with Crippen LogP contribution in [-0.2, 0) is 4.79 Å². The van der Waals surface area contributed by atoms with Gasteiger partial charge in [0.25, 0.3) is 0 Å². The van der Waals surface area contributed by atoms with E-state index in [0.717, 1.165) is 29.9 Å². The molecule has 0 heterocycles. The van der Waals surface area contributed by atoms with Gasteiger partial charge in [-0.1, -0.05) is 33.3 Å². The molecule has 1 aromatic carbocycles. The summed E-state index contributed by atoms with van der Waals surface area (Å²) in [6, 6.07) is 5.97. The van der Waals surface area contributed by atoms with Gasteiger partial charge in [-0.3, -0.25) is 4.79 Å². The molecule has 1 N–H and O–H groups in total. The molecule has 4 heteroatoms. The first-order valence-electron chi connectivity index (χ1n) is 8.02. The van der Waals surface area contributed by atoms with Gasteiger partial charge in [0.2, 0.25) is 5.91 Å². The molecule has 0 saturated carbocycles. The van der Waals surface area contributed by atoms with Crippen LogP contribution in [-0.4, -0.2) is 26.7 Å². The number of carbonyl (C=O) groups excluding carboxylic acids is 1. The zero-order valence-corrected chi connectivity index (χ0v) is 14.4. The molecule has 22 heavy (non-hydrogen) atoms. The van der Waals surface area contributed by atoms with Gasteiger partial charge in [0.15, 0.2) is 11.5 Å². The maximum Gasteiger partial charge on any atom is 0.220 e. The molecule has 0 spiro atoms. The molecule has 124 valence electrons. The van der Waals surface area contributed by atoms with Gasteiger partial charge in [-0.25, -0.2) is 0 Å².